The van der Waals surface area contributed by atoms with Gasteiger partial charge in [-0.3, -0.25) is 4.79 Å². The molecule has 0 aliphatic heterocycles. The molecule has 1 atom stereocenters. The Morgan fingerprint density at radius 2 is 1.88 bits per heavy atom. The summed E-state index contributed by atoms with van der Waals surface area (Å²) in [7, 11) is 1.60. The van der Waals surface area contributed by atoms with Crippen LogP contribution in [0.25, 0.3) is 10.8 Å². The quantitative estimate of drug-likeness (QED) is 0.688. The number of esters is 1. The van der Waals surface area contributed by atoms with Crippen LogP contribution in [-0.2, 0) is 16.1 Å². The van der Waals surface area contributed by atoms with Crippen molar-refractivity contribution in [1.82, 2.24) is 5.32 Å². The highest BCUT2D eigenvalue weighted by molar-refractivity contribution is 5.97. The number of fused-ring (bicyclic) bond motifs is 1. The predicted molar refractivity (Wildman–Crippen MR) is 95.9 cm³/mol. The van der Waals surface area contributed by atoms with E-state index in [2.05, 4.69) is 5.32 Å². The van der Waals surface area contributed by atoms with Gasteiger partial charge in [0.05, 0.1) is 25.5 Å². The summed E-state index contributed by atoms with van der Waals surface area (Å²) in [6, 6.07) is 14.3. The molecule has 0 saturated carbocycles. The molecule has 6 heteroatoms. The Morgan fingerprint density at radius 1 is 1.12 bits per heavy atom. The Morgan fingerprint density at radius 3 is 2.62 bits per heavy atom. The number of benzene rings is 2. The van der Waals surface area contributed by atoms with Gasteiger partial charge in [-0.1, -0.05) is 12.1 Å². The zero-order chi connectivity index (χ0) is 18.5. The first-order chi connectivity index (χ1) is 12.6. The molecule has 2 aromatic carbocycles. The van der Waals surface area contributed by atoms with Gasteiger partial charge < -0.3 is 19.2 Å². The number of carbonyl (C=O) groups excluding carboxylic acids is 2. The molecule has 3 rings (SSSR count). The van der Waals surface area contributed by atoms with E-state index in [9.17, 15) is 9.59 Å². The number of carbonyl (C=O) groups is 2. The highest BCUT2D eigenvalue weighted by Crippen LogP contribution is 2.22. The van der Waals surface area contributed by atoms with Gasteiger partial charge in [-0.2, -0.15) is 0 Å². The van der Waals surface area contributed by atoms with Crippen molar-refractivity contribution in [2.24, 2.45) is 0 Å². The first kappa shape index (κ1) is 17.5. The minimum absolute atomic E-state index is 0.242. The van der Waals surface area contributed by atoms with Crippen molar-refractivity contribution < 1.29 is 23.5 Å². The zero-order valence-corrected chi connectivity index (χ0v) is 14.5. The van der Waals surface area contributed by atoms with Crippen molar-refractivity contribution in [3.8, 4) is 5.75 Å². The number of hydrogen-bond donors (Lipinski definition) is 1. The zero-order valence-electron chi connectivity index (χ0n) is 14.5. The summed E-state index contributed by atoms with van der Waals surface area (Å²) in [5.74, 6) is 0.431. The Balaban J connectivity index is 1.63. The molecule has 0 fully saturated rings. The van der Waals surface area contributed by atoms with E-state index < -0.39 is 12.1 Å². The number of nitrogens with one attached hydrogen (secondary N) is 1. The van der Waals surface area contributed by atoms with Gasteiger partial charge >= 0.3 is 5.97 Å². The number of furan rings is 1. The fourth-order valence-corrected chi connectivity index (χ4v) is 2.49. The van der Waals surface area contributed by atoms with E-state index in [1.807, 2.05) is 24.3 Å². The van der Waals surface area contributed by atoms with Crippen molar-refractivity contribution in [1.29, 1.82) is 0 Å². The molecule has 0 radical (unpaired) electrons. The summed E-state index contributed by atoms with van der Waals surface area (Å²) in [6.45, 7) is 1.77. The lowest BCUT2D eigenvalue weighted by Crippen LogP contribution is -2.35. The average molecular weight is 353 g/mol. The molecular weight excluding hydrogens is 334 g/mol. The Kier molecular flexibility index (Phi) is 5.22. The highest BCUT2D eigenvalue weighted by atomic mass is 16.5. The molecule has 0 spiro atoms. The minimum Gasteiger partial charge on any atom is -0.497 e. The lowest BCUT2D eigenvalue weighted by molar-refractivity contribution is -0.129. The number of rotatable bonds is 6. The second-order valence-corrected chi connectivity index (χ2v) is 5.77. The summed E-state index contributed by atoms with van der Waals surface area (Å²) < 4.78 is 15.6. The molecule has 6 nitrogen and oxygen atoms in total. The van der Waals surface area contributed by atoms with Crippen molar-refractivity contribution in [3.05, 3.63) is 66.1 Å². The maximum Gasteiger partial charge on any atom is 0.338 e. The molecule has 1 N–H and O–H groups in total. The Bertz CT molecular complexity index is 917. The van der Waals surface area contributed by atoms with Crippen LogP contribution in [0.15, 0.2) is 59.2 Å². The van der Waals surface area contributed by atoms with Gasteiger partial charge in [0.2, 0.25) is 0 Å². The molecule has 1 heterocycles. The van der Waals surface area contributed by atoms with Crippen molar-refractivity contribution in [2.45, 2.75) is 19.6 Å². The van der Waals surface area contributed by atoms with E-state index in [4.69, 9.17) is 13.9 Å². The van der Waals surface area contributed by atoms with Crippen molar-refractivity contribution in [3.63, 3.8) is 0 Å². The van der Waals surface area contributed by atoms with Gasteiger partial charge in [-0.15, -0.1) is 0 Å². The van der Waals surface area contributed by atoms with Crippen LogP contribution in [0.4, 0.5) is 0 Å². The summed E-state index contributed by atoms with van der Waals surface area (Å²) in [5, 5.41) is 4.49. The second kappa shape index (κ2) is 7.74. The molecule has 134 valence electrons. The van der Waals surface area contributed by atoms with Gasteiger partial charge in [-0.05, 0) is 54.1 Å². The van der Waals surface area contributed by atoms with Gasteiger partial charge in [0.1, 0.15) is 11.5 Å². The second-order valence-electron chi connectivity index (χ2n) is 5.77. The number of methoxy groups -OCH3 is 1. The first-order valence-electron chi connectivity index (χ1n) is 8.15. The molecule has 3 aromatic rings. The van der Waals surface area contributed by atoms with Crippen LogP contribution in [0.5, 0.6) is 5.75 Å². The van der Waals surface area contributed by atoms with Crippen LogP contribution in [0, 0.1) is 0 Å². The molecule has 26 heavy (non-hydrogen) atoms. The monoisotopic (exact) mass is 353 g/mol. The number of hydrogen-bond acceptors (Lipinski definition) is 5. The maximum absolute atomic E-state index is 12.3. The molecule has 0 aliphatic rings. The van der Waals surface area contributed by atoms with Gasteiger partial charge in [0.15, 0.2) is 6.10 Å². The smallest absolute Gasteiger partial charge is 0.338 e. The Labute approximate surface area is 150 Å². The third-order valence-electron chi connectivity index (χ3n) is 3.95. The lowest BCUT2D eigenvalue weighted by atomic mass is 10.1. The molecular formula is C20H19NO5. The number of amides is 1. The van der Waals surface area contributed by atoms with Crippen molar-refractivity contribution >= 4 is 22.6 Å². The average Bonchev–Trinajstić information content (AvgIpc) is 3.18. The van der Waals surface area contributed by atoms with E-state index >= 15 is 0 Å². The lowest BCUT2D eigenvalue weighted by Gasteiger charge is -2.13. The van der Waals surface area contributed by atoms with Gasteiger partial charge in [0.25, 0.3) is 5.91 Å². The van der Waals surface area contributed by atoms with Crippen LogP contribution in [-0.4, -0.2) is 25.1 Å². The standard InChI is InChI=1S/C20H19NO5/c1-13(19(22)21-12-18-4-3-9-25-18)26-20(23)16-6-5-15-11-17(24-2)8-7-14(15)10-16/h3-11,13H,12H2,1-2H3,(H,21,22)/t13-/m0/s1. The van der Waals surface area contributed by atoms with Crippen LogP contribution in [0.2, 0.25) is 0 Å². The van der Waals surface area contributed by atoms with E-state index in [1.165, 1.54) is 13.2 Å². The van der Waals surface area contributed by atoms with Gasteiger partial charge in [0, 0.05) is 0 Å². The molecule has 0 saturated heterocycles. The fraction of sp³-hybridized carbons (Fsp3) is 0.200. The predicted octanol–water partition coefficient (Wildman–Crippen LogP) is 3.30. The molecule has 1 aromatic heterocycles. The normalized spacial score (nSPS) is 11.8. The SMILES string of the molecule is COc1ccc2cc(C(=O)O[C@@H](C)C(=O)NCc3ccco3)ccc2c1. The maximum atomic E-state index is 12.3. The highest BCUT2D eigenvalue weighted by Gasteiger charge is 2.19. The van der Waals surface area contributed by atoms with E-state index in [0.29, 0.717) is 11.3 Å². The topological polar surface area (TPSA) is 77.8 Å². The molecule has 1 amide bonds. The van der Waals surface area contributed by atoms with Crippen molar-refractivity contribution in [2.75, 3.05) is 7.11 Å². The van der Waals surface area contributed by atoms with Crippen LogP contribution < -0.4 is 10.1 Å². The summed E-state index contributed by atoms with van der Waals surface area (Å²) in [5.41, 5.74) is 0.383. The molecule has 0 aliphatic carbocycles. The summed E-state index contributed by atoms with van der Waals surface area (Å²) in [4.78, 5) is 24.4. The van der Waals surface area contributed by atoms with Crippen LogP contribution in [0.3, 0.4) is 0 Å². The van der Waals surface area contributed by atoms with Gasteiger partial charge in [-0.25, -0.2) is 4.79 Å². The summed E-state index contributed by atoms with van der Waals surface area (Å²) in [6.07, 6.45) is 0.615. The summed E-state index contributed by atoms with van der Waals surface area (Å²) >= 11 is 0. The van der Waals surface area contributed by atoms with Crippen LogP contribution >= 0.6 is 0 Å². The largest absolute Gasteiger partial charge is 0.497 e. The van der Waals surface area contributed by atoms with E-state index in [0.717, 1.165) is 16.5 Å². The third-order valence-corrected chi connectivity index (χ3v) is 3.95. The first-order valence-corrected chi connectivity index (χ1v) is 8.15. The van der Waals surface area contributed by atoms with Crippen LogP contribution in [0.1, 0.15) is 23.0 Å². The molecule has 0 bridgehead atoms. The molecule has 0 unspecified atom stereocenters. The third kappa shape index (κ3) is 4.03. The van der Waals surface area contributed by atoms with E-state index in [-0.39, 0.29) is 12.5 Å². The van der Waals surface area contributed by atoms with E-state index in [1.54, 1.807) is 31.4 Å². The Hall–Kier alpha value is -3.28. The number of ether oxygens (including phenoxy) is 2. The minimum atomic E-state index is -0.913. The fourth-order valence-electron chi connectivity index (χ4n) is 2.49.